The number of para-hydroxylation sites is 3. The third-order valence-corrected chi connectivity index (χ3v) is 14.2. The summed E-state index contributed by atoms with van der Waals surface area (Å²) in [5.41, 5.74) is 16.6. The Labute approximate surface area is 398 Å². The summed E-state index contributed by atoms with van der Waals surface area (Å²) in [6.07, 6.45) is 0. The molecule has 0 bridgehead atoms. The summed E-state index contributed by atoms with van der Waals surface area (Å²) in [4.78, 5) is 15.0. The smallest absolute Gasteiger partial charge is 0.164 e. The van der Waals surface area contributed by atoms with Crippen molar-refractivity contribution in [1.29, 1.82) is 0 Å². The van der Waals surface area contributed by atoms with Gasteiger partial charge in [0.2, 0.25) is 0 Å². The van der Waals surface area contributed by atoms with Gasteiger partial charge in [0.15, 0.2) is 17.5 Å². The molecule has 3 aromatic heterocycles. The summed E-state index contributed by atoms with van der Waals surface area (Å²) in [5, 5.41) is 4.88. The predicted molar refractivity (Wildman–Crippen MR) is 282 cm³/mol. The van der Waals surface area contributed by atoms with E-state index in [-0.39, 0.29) is 0 Å². The van der Waals surface area contributed by atoms with Crippen LogP contribution < -0.4 is 0 Å². The highest BCUT2D eigenvalue weighted by atomic mass is 15.0. The second kappa shape index (κ2) is 15.4. The zero-order chi connectivity index (χ0) is 45.5. The largest absolute Gasteiger partial charge is 0.309 e. The Morgan fingerprint density at radius 1 is 0.275 bits per heavy atom. The average molecular weight is 880 g/mol. The second-order valence-electron chi connectivity index (χ2n) is 17.9. The summed E-state index contributed by atoms with van der Waals surface area (Å²) in [7, 11) is 0. The molecule has 0 fully saturated rings. The number of hydrogen-bond donors (Lipinski definition) is 0. The van der Waals surface area contributed by atoms with E-state index in [9.17, 15) is 0 Å². The summed E-state index contributed by atoms with van der Waals surface area (Å²) < 4.78 is 4.87. The molecule has 0 spiro atoms. The van der Waals surface area contributed by atoms with Gasteiger partial charge in [-0.1, -0.05) is 176 Å². The minimum atomic E-state index is -0.611. The maximum atomic E-state index is 5.04. The molecule has 0 aliphatic heterocycles. The highest BCUT2D eigenvalue weighted by Gasteiger charge is 2.47. The predicted octanol–water partition coefficient (Wildman–Crippen LogP) is 15.4. The van der Waals surface area contributed by atoms with Gasteiger partial charge in [-0.15, -0.1) is 0 Å². The van der Waals surface area contributed by atoms with Crippen molar-refractivity contribution < 1.29 is 0 Å². The normalized spacial score (nSPS) is 12.8. The molecule has 1 aliphatic rings. The number of hydrogen-bond acceptors (Lipinski definition) is 3. The third kappa shape index (κ3) is 5.94. The van der Waals surface area contributed by atoms with Gasteiger partial charge in [-0.2, -0.15) is 0 Å². The van der Waals surface area contributed by atoms with Crippen molar-refractivity contribution in [3.8, 4) is 56.7 Å². The molecule has 0 atom stereocenters. The molecule has 3 heterocycles. The van der Waals surface area contributed by atoms with Gasteiger partial charge in [-0.25, -0.2) is 15.0 Å². The van der Waals surface area contributed by atoms with Crippen LogP contribution in [0.2, 0.25) is 0 Å². The molecule has 0 N–H and O–H groups in total. The van der Waals surface area contributed by atoms with Crippen molar-refractivity contribution in [2.24, 2.45) is 0 Å². The molecule has 0 radical (unpaired) electrons. The highest BCUT2D eigenvalue weighted by molar-refractivity contribution is 6.15. The first kappa shape index (κ1) is 39.0. The van der Waals surface area contributed by atoms with Crippen LogP contribution in [0.3, 0.4) is 0 Å². The molecular formula is C64H41N5. The highest BCUT2D eigenvalue weighted by Crippen LogP contribution is 2.59. The fraction of sp³-hybridized carbons (Fsp3) is 0.0156. The van der Waals surface area contributed by atoms with Crippen LogP contribution in [-0.2, 0) is 5.41 Å². The van der Waals surface area contributed by atoms with E-state index in [4.69, 9.17) is 15.0 Å². The maximum absolute atomic E-state index is 5.04. The van der Waals surface area contributed by atoms with Crippen LogP contribution in [0.15, 0.2) is 249 Å². The Balaban J connectivity index is 1.02. The molecule has 5 nitrogen and oxygen atoms in total. The maximum Gasteiger partial charge on any atom is 0.164 e. The Morgan fingerprint density at radius 2 is 0.652 bits per heavy atom. The van der Waals surface area contributed by atoms with Gasteiger partial charge >= 0.3 is 0 Å². The van der Waals surface area contributed by atoms with Crippen LogP contribution in [-0.4, -0.2) is 24.1 Å². The zero-order valence-electron chi connectivity index (χ0n) is 37.4. The van der Waals surface area contributed by atoms with Gasteiger partial charge in [-0.05, 0) is 106 Å². The lowest BCUT2D eigenvalue weighted by molar-refractivity contribution is 0.770. The standard InChI is InChI=1S/C64H41N5/c1-6-20-42(21-7-1)61-65-62(43-22-8-2-9-23-43)67-63(66-61)44-34-36-48(37-35-44)69-58-33-19-17-31-50(58)54-39-55-52(40-59(54)69)51-38-53-49-30-16-18-32-57(49)68(47-28-14-5-15-29-47)60(53)41-56(51)64(55,45-24-10-3-11-25-45)46-26-12-4-13-27-46/h1-41H. The fourth-order valence-corrected chi connectivity index (χ4v) is 11.2. The van der Waals surface area contributed by atoms with Crippen molar-refractivity contribution in [2.75, 3.05) is 0 Å². The van der Waals surface area contributed by atoms with Crippen LogP contribution >= 0.6 is 0 Å². The Hall–Kier alpha value is -9.19. The van der Waals surface area contributed by atoms with E-state index in [0.717, 1.165) is 39.1 Å². The van der Waals surface area contributed by atoms with Gasteiger partial charge in [0.05, 0.1) is 27.5 Å². The second-order valence-corrected chi connectivity index (χ2v) is 17.9. The van der Waals surface area contributed by atoms with Gasteiger partial charge in [-0.3, -0.25) is 0 Å². The van der Waals surface area contributed by atoms with E-state index in [1.165, 1.54) is 66.0 Å². The number of fused-ring (bicyclic) bond motifs is 9. The van der Waals surface area contributed by atoms with E-state index in [1.54, 1.807) is 0 Å². The average Bonchev–Trinajstić information content (AvgIpc) is 4.04. The third-order valence-electron chi connectivity index (χ3n) is 14.2. The SMILES string of the molecule is c1ccc(-c2nc(-c3ccccc3)nc(-c3ccc(-n4c5ccccc5c5cc6c(cc54)-c4cc5c7ccccc7n(-c7ccccc7)c5cc4C6(c4ccccc4)c4ccccc4)cc3)n2)cc1. The lowest BCUT2D eigenvalue weighted by Gasteiger charge is -2.34. The first-order chi connectivity index (χ1) is 34.2. The van der Waals surface area contributed by atoms with Gasteiger partial charge in [0.25, 0.3) is 0 Å². The van der Waals surface area contributed by atoms with Crippen LogP contribution in [0.5, 0.6) is 0 Å². The molecule has 10 aromatic carbocycles. The fourth-order valence-electron chi connectivity index (χ4n) is 11.2. The van der Waals surface area contributed by atoms with E-state index in [0.29, 0.717) is 17.5 Å². The van der Waals surface area contributed by atoms with Gasteiger partial charge in [0, 0.05) is 49.6 Å². The molecular weight excluding hydrogens is 839 g/mol. The lowest BCUT2D eigenvalue weighted by Crippen LogP contribution is -2.28. The van der Waals surface area contributed by atoms with E-state index in [1.807, 2.05) is 60.7 Å². The molecule has 0 saturated heterocycles. The van der Waals surface area contributed by atoms with Crippen LogP contribution in [0.25, 0.3) is 100 Å². The van der Waals surface area contributed by atoms with E-state index >= 15 is 0 Å². The molecule has 1 aliphatic carbocycles. The minimum Gasteiger partial charge on any atom is -0.309 e. The first-order valence-corrected chi connectivity index (χ1v) is 23.5. The van der Waals surface area contributed by atoms with Gasteiger partial charge in [0.1, 0.15) is 0 Å². The van der Waals surface area contributed by atoms with Crippen molar-refractivity contribution in [3.05, 3.63) is 271 Å². The van der Waals surface area contributed by atoms with Gasteiger partial charge < -0.3 is 9.13 Å². The summed E-state index contributed by atoms with van der Waals surface area (Å²) in [5.74, 6) is 1.91. The minimum absolute atomic E-state index is 0.611. The van der Waals surface area contributed by atoms with Crippen molar-refractivity contribution >= 4 is 43.6 Å². The summed E-state index contributed by atoms with van der Waals surface area (Å²) in [6.45, 7) is 0. The topological polar surface area (TPSA) is 48.5 Å². The molecule has 14 rings (SSSR count). The Kier molecular flexibility index (Phi) is 8.73. The molecule has 322 valence electrons. The number of nitrogens with zero attached hydrogens (tertiary/aromatic N) is 5. The number of aromatic nitrogens is 5. The monoisotopic (exact) mass is 879 g/mol. The van der Waals surface area contributed by atoms with Crippen LogP contribution in [0, 0.1) is 0 Å². The molecule has 69 heavy (non-hydrogen) atoms. The molecule has 0 saturated carbocycles. The number of benzene rings is 10. The van der Waals surface area contributed by atoms with E-state index in [2.05, 4.69) is 197 Å². The number of rotatable bonds is 7. The Bertz CT molecular complexity index is 3990. The molecule has 0 amide bonds. The lowest BCUT2D eigenvalue weighted by atomic mass is 9.67. The summed E-state index contributed by atoms with van der Waals surface area (Å²) >= 11 is 0. The summed E-state index contributed by atoms with van der Waals surface area (Å²) in [6, 6.07) is 89.6. The first-order valence-electron chi connectivity index (χ1n) is 23.5. The quantitative estimate of drug-likeness (QED) is 0.160. The Morgan fingerprint density at radius 3 is 1.17 bits per heavy atom. The van der Waals surface area contributed by atoms with Crippen molar-refractivity contribution in [3.63, 3.8) is 0 Å². The van der Waals surface area contributed by atoms with Crippen LogP contribution in [0.4, 0.5) is 0 Å². The molecule has 0 unspecified atom stereocenters. The van der Waals surface area contributed by atoms with Crippen molar-refractivity contribution in [2.45, 2.75) is 5.41 Å². The zero-order valence-corrected chi connectivity index (χ0v) is 37.4. The molecule has 13 aromatic rings. The van der Waals surface area contributed by atoms with Crippen molar-refractivity contribution in [1.82, 2.24) is 24.1 Å². The molecule has 5 heteroatoms. The van der Waals surface area contributed by atoms with E-state index < -0.39 is 5.41 Å². The van der Waals surface area contributed by atoms with Crippen LogP contribution in [0.1, 0.15) is 22.3 Å².